The molecule has 2 atom stereocenters. The minimum atomic E-state index is -0.688. The lowest BCUT2D eigenvalue weighted by Gasteiger charge is -2.25. The van der Waals surface area contributed by atoms with Crippen molar-refractivity contribution in [2.24, 2.45) is 0 Å². The van der Waals surface area contributed by atoms with Crippen LogP contribution in [0, 0.1) is 0 Å². The number of hydrogen-bond donors (Lipinski definition) is 1. The molecular formula is C24H36N2O5. The molecule has 1 aromatic carbocycles. The topological polar surface area (TPSA) is 84.9 Å². The van der Waals surface area contributed by atoms with Gasteiger partial charge in [-0.05, 0) is 24.8 Å². The molecule has 0 saturated carbocycles. The Morgan fingerprint density at radius 2 is 1.81 bits per heavy atom. The van der Waals surface area contributed by atoms with E-state index in [1.165, 1.54) is 31.3 Å². The lowest BCUT2D eigenvalue weighted by Crippen LogP contribution is -2.51. The molecule has 0 aromatic heterocycles. The number of carbonyl (C=O) groups is 3. The van der Waals surface area contributed by atoms with Gasteiger partial charge < -0.3 is 14.8 Å². The number of carbonyl (C=O) groups excluding carboxylic acids is 3. The molecule has 1 fully saturated rings. The summed E-state index contributed by atoms with van der Waals surface area (Å²) in [5, 5.41) is 2.81. The van der Waals surface area contributed by atoms with Crippen molar-refractivity contribution >= 4 is 18.0 Å². The zero-order chi connectivity index (χ0) is 22.5. The highest BCUT2D eigenvalue weighted by Gasteiger charge is 2.36. The van der Waals surface area contributed by atoms with Crippen LogP contribution in [0.5, 0.6) is 0 Å². The van der Waals surface area contributed by atoms with E-state index in [0.29, 0.717) is 19.4 Å². The number of nitrogens with zero attached hydrogens (tertiary/aromatic N) is 1. The summed E-state index contributed by atoms with van der Waals surface area (Å²) in [4.78, 5) is 39.0. The second kappa shape index (κ2) is 13.7. The summed E-state index contributed by atoms with van der Waals surface area (Å²) in [5.41, 5.74) is 0.890. The monoisotopic (exact) mass is 432 g/mol. The molecule has 0 spiro atoms. The maximum atomic E-state index is 12.9. The molecule has 0 bridgehead atoms. The number of ether oxygens (including phenoxy) is 2. The quantitative estimate of drug-likeness (QED) is 0.395. The van der Waals surface area contributed by atoms with Crippen molar-refractivity contribution in [1.29, 1.82) is 0 Å². The lowest BCUT2D eigenvalue weighted by molar-refractivity contribution is -0.145. The number of unbranched alkanes of at least 4 members (excludes halogenated alkanes) is 5. The molecule has 172 valence electrons. The number of benzene rings is 1. The van der Waals surface area contributed by atoms with Gasteiger partial charge in [0.15, 0.2) is 0 Å². The minimum absolute atomic E-state index is 0.160. The fraction of sp³-hybridized carbons (Fsp3) is 0.625. The highest BCUT2D eigenvalue weighted by Crippen LogP contribution is 2.20. The minimum Gasteiger partial charge on any atom is -0.467 e. The molecule has 1 aliphatic heterocycles. The van der Waals surface area contributed by atoms with E-state index in [0.717, 1.165) is 31.2 Å². The van der Waals surface area contributed by atoms with Crippen LogP contribution in [0.1, 0.15) is 70.3 Å². The molecule has 2 rings (SSSR count). The normalized spacial score (nSPS) is 16.6. The predicted octanol–water partition coefficient (Wildman–Crippen LogP) is 4.20. The maximum Gasteiger partial charge on any atom is 0.410 e. The summed E-state index contributed by atoms with van der Waals surface area (Å²) in [6, 6.07) is 8.11. The molecule has 31 heavy (non-hydrogen) atoms. The van der Waals surface area contributed by atoms with Gasteiger partial charge in [0, 0.05) is 6.54 Å². The van der Waals surface area contributed by atoms with E-state index in [4.69, 9.17) is 9.47 Å². The van der Waals surface area contributed by atoms with Crippen molar-refractivity contribution in [2.45, 2.75) is 83.4 Å². The summed E-state index contributed by atoms with van der Waals surface area (Å²) in [5.74, 6) is -0.770. The van der Waals surface area contributed by atoms with Gasteiger partial charge in [0.25, 0.3) is 0 Å². The average Bonchev–Trinajstić information content (AvgIpc) is 3.29. The Hall–Kier alpha value is -2.57. The first-order valence-electron chi connectivity index (χ1n) is 11.4. The van der Waals surface area contributed by atoms with Crippen LogP contribution >= 0.6 is 0 Å². The third-order valence-corrected chi connectivity index (χ3v) is 5.64. The fourth-order valence-electron chi connectivity index (χ4n) is 3.85. The third-order valence-electron chi connectivity index (χ3n) is 5.64. The van der Waals surface area contributed by atoms with E-state index in [9.17, 15) is 14.4 Å². The molecule has 1 saturated heterocycles. The molecule has 0 unspecified atom stereocenters. The molecule has 2 amide bonds. The number of likely N-dealkylation sites (tertiary alicyclic amines) is 1. The first kappa shape index (κ1) is 24.7. The van der Waals surface area contributed by atoms with Gasteiger partial charge in [0.05, 0.1) is 7.11 Å². The van der Waals surface area contributed by atoms with Gasteiger partial charge >= 0.3 is 12.1 Å². The van der Waals surface area contributed by atoms with E-state index in [-0.39, 0.29) is 12.5 Å². The molecule has 1 N–H and O–H groups in total. The summed E-state index contributed by atoms with van der Waals surface area (Å²) in [7, 11) is 1.32. The first-order chi connectivity index (χ1) is 15.1. The molecule has 7 heteroatoms. The van der Waals surface area contributed by atoms with Gasteiger partial charge in [-0.3, -0.25) is 9.69 Å². The zero-order valence-electron chi connectivity index (χ0n) is 18.8. The van der Waals surface area contributed by atoms with Crippen molar-refractivity contribution < 1.29 is 23.9 Å². The molecular weight excluding hydrogens is 396 g/mol. The highest BCUT2D eigenvalue weighted by molar-refractivity contribution is 5.90. The summed E-state index contributed by atoms with van der Waals surface area (Å²) in [6.07, 6.45) is 7.88. The fourth-order valence-corrected chi connectivity index (χ4v) is 3.85. The van der Waals surface area contributed by atoms with E-state index >= 15 is 0 Å². The van der Waals surface area contributed by atoms with Crippen molar-refractivity contribution in [3.8, 4) is 0 Å². The van der Waals surface area contributed by atoms with Crippen LogP contribution in [0.4, 0.5) is 4.79 Å². The SMILES string of the molecule is CCCCCCCC[C@H](NC(=O)[C@H]1CCCN1C(=O)OCc1ccccc1)C(=O)OC. The predicted molar refractivity (Wildman–Crippen MR) is 118 cm³/mol. The van der Waals surface area contributed by atoms with Gasteiger partial charge in [-0.2, -0.15) is 0 Å². The number of esters is 1. The Balaban J connectivity index is 1.85. The molecule has 7 nitrogen and oxygen atoms in total. The summed E-state index contributed by atoms with van der Waals surface area (Å²) >= 11 is 0. The zero-order valence-corrected chi connectivity index (χ0v) is 18.8. The van der Waals surface area contributed by atoms with Gasteiger partial charge in [0.1, 0.15) is 18.7 Å². The number of hydrogen-bond acceptors (Lipinski definition) is 5. The Morgan fingerprint density at radius 3 is 2.52 bits per heavy atom. The van der Waals surface area contributed by atoms with E-state index in [1.807, 2.05) is 30.3 Å². The lowest BCUT2D eigenvalue weighted by atomic mass is 10.0. The maximum absolute atomic E-state index is 12.9. The van der Waals surface area contributed by atoms with Gasteiger partial charge in [-0.25, -0.2) is 9.59 Å². The number of nitrogens with one attached hydrogen (secondary N) is 1. The Morgan fingerprint density at radius 1 is 1.10 bits per heavy atom. The number of amides is 2. The third kappa shape index (κ3) is 8.23. The molecule has 0 aliphatic carbocycles. The van der Waals surface area contributed by atoms with Gasteiger partial charge in [-0.1, -0.05) is 75.8 Å². The second-order valence-electron chi connectivity index (χ2n) is 8.03. The van der Waals surface area contributed by atoms with E-state index < -0.39 is 24.1 Å². The van der Waals surface area contributed by atoms with Gasteiger partial charge in [-0.15, -0.1) is 0 Å². The largest absolute Gasteiger partial charge is 0.467 e. The number of rotatable bonds is 12. The van der Waals surface area contributed by atoms with Crippen LogP contribution in [0.25, 0.3) is 0 Å². The van der Waals surface area contributed by atoms with Crippen molar-refractivity contribution in [2.75, 3.05) is 13.7 Å². The molecule has 1 aliphatic rings. The van der Waals surface area contributed by atoms with E-state index in [2.05, 4.69) is 12.2 Å². The molecule has 0 radical (unpaired) electrons. The highest BCUT2D eigenvalue weighted by atomic mass is 16.6. The van der Waals surface area contributed by atoms with Crippen LogP contribution in [-0.2, 0) is 25.7 Å². The smallest absolute Gasteiger partial charge is 0.410 e. The summed E-state index contributed by atoms with van der Waals surface area (Å²) < 4.78 is 10.3. The van der Waals surface area contributed by atoms with Crippen LogP contribution in [0.3, 0.4) is 0 Å². The van der Waals surface area contributed by atoms with Gasteiger partial charge in [0.2, 0.25) is 5.91 Å². The average molecular weight is 433 g/mol. The second-order valence-corrected chi connectivity index (χ2v) is 8.03. The standard InChI is InChI=1S/C24H36N2O5/c1-3-4-5-6-7-11-15-20(23(28)30-2)25-22(27)21-16-12-17-26(21)24(29)31-18-19-13-9-8-10-14-19/h8-10,13-14,20-21H,3-7,11-12,15-18H2,1-2H3,(H,25,27)/t20-,21+/m0/s1. The van der Waals surface area contributed by atoms with Crippen molar-refractivity contribution in [3.05, 3.63) is 35.9 Å². The Bertz CT molecular complexity index is 694. The first-order valence-corrected chi connectivity index (χ1v) is 11.4. The Labute approximate surface area is 185 Å². The molecule has 1 aromatic rings. The van der Waals surface area contributed by atoms with Crippen molar-refractivity contribution in [3.63, 3.8) is 0 Å². The van der Waals surface area contributed by atoms with Crippen LogP contribution in [0.15, 0.2) is 30.3 Å². The summed E-state index contributed by atoms with van der Waals surface area (Å²) in [6.45, 7) is 2.80. The van der Waals surface area contributed by atoms with Crippen LogP contribution in [0.2, 0.25) is 0 Å². The Kier molecular flexibility index (Phi) is 10.9. The van der Waals surface area contributed by atoms with E-state index in [1.54, 1.807) is 0 Å². The van der Waals surface area contributed by atoms with Crippen LogP contribution < -0.4 is 5.32 Å². The molecule has 1 heterocycles. The van der Waals surface area contributed by atoms with Crippen molar-refractivity contribution in [1.82, 2.24) is 10.2 Å². The van der Waals surface area contributed by atoms with Crippen LogP contribution in [-0.4, -0.2) is 48.6 Å². The number of methoxy groups -OCH3 is 1.